The molecular weight excluding hydrogens is 150 g/mol. The lowest BCUT2D eigenvalue weighted by Crippen LogP contribution is -2.31. The van der Waals surface area contributed by atoms with Gasteiger partial charge in [0, 0.05) is 17.3 Å². The first-order chi connectivity index (χ1) is 5.86. The maximum Gasteiger partial charge on any atom is 0.0788 e. The number of rotatable bonds is 1. The fourth-order valence-corrected chi connectivity index (χ4v) is 1.83. The minimum Gasteiger partial charge on any atom is -0.400 e. The first-order valence-electron chi connectivity index (χ1n) is 4.57. The van der Waals surface area contributed by atoms with Crippen LogP contribution < -0.4 is 11.1 Å². The van der Waals surface area contributed by atoms with Gasteiger partial charge in [0.1, 0.15) is 0 Å². The fourth-order valence-electron chi connectivity index (χ4n) is 1.83. The molecule has 3 nitrogen and oxygen atoms in total. The molecule has 0 aliphatic carbocycles. The molecule has 1 saturated heterocycles. The zero-order chi connectivity index (χ0) is 8.39. The first kappa shape index (κ1) is 7.80. The summed E-state index contributed by atoms with van der Waals surface area (Å²) in [6.45, 7) is 2.97. The van der Waals surface area contributed by atoms with Gasteiger partial charge in [-0.05, 0) is 32.0 Å². The summed E-state index contributed by atoms with van der Waals surface area (Å²) in [7, 11) is 0. The minimum atomic E-state index is 0.660. The second-order valence-electron chi connectivity index (χ2n) is 3.48. The number of aliphatic imine (C=N–C) groups is 1. The van der Waals surface area contributed by atoms with Gasteiger partial charge in [0.25, 0.3) is 0 Å². The lowest BCUT2D eigenvalue weighted by Gasteiger charge is -2.21. The van der Waals surface area contributed by atoms with Crippen molar-refractivity contribution in [1.29, 1.82) is 0 Å². The summed E-state index contributed by atoms with van der Waals surface area (Å²) in [6.07, 6.45) is 4.47. The maximum atomic E-state index is 5.66. The van der Waals surface area contributed by atoms with E-state index in [1.807, 2.05) is 0 Å². The normalized spacial score (nSPS) is 25.3. The summed E-state index contributed by atoms with van der Waals surface area (Å²) >= 11 is 0. The second-order valence-corrected chi connectivity index (χ2v) is 3.48. The van der Waals surface area contributed by atoms with Crippen molar-refractivity contribution in [2.45, 2.75) is 12.8 Å². The summed E-state index contributed by atoms with van der Waals surface area (Å²) in [5, 5.41) is 3.34. The first-order valence-corrected chi connectivity index (χ1v) is 4.57. The Kier molecular flexibility index (Phi) is 2.13. The molecule has 0 unspecified atom stereocenters. The highest BCUT2D eigenvalue weighted by Gasteiger charge is 2.19. The van der Waals surface area contributed by atoms with Gasteiger partial charge in [-0.15, -0.1) is 0 Å². The number of piperidine rings is 1. The zero-order valence-electron chi connectivity index (χ0n) is 7.21. The van der Waals surface area contributed by atoms with Gasteiger partial charge in [-0.25, -0.2) is 0 Å². The third-order valence-corrected chi connectivity index (χ3v) is 2.53. The van der Waals surface area contributed by atoms with Crippen molar-refractivity contribution in [1.82, 2.24) is 5.32 Å². The number of nitrogens with two attached hydrogens (primary N) is 1. The van der Waals surface area contributed by atoms with E-state index in [1.54, 1.807) is 0 Å². The highest BCUT2D eigenvalue weighted by molar-refractivity contribution is 5.99. The Bertz CT molecular complexity index is 224. The molecular formula is C9H15N3. The fraction of sp³-hybridized carbons (Fsp3) is 0.667. The van der Waals surface area contributed by atoms with Crippen LogP contribution >= 0.6 is 0 Å². The third kappa shape index (κ3) is 1.50. The Morgan fingerprint density at radius 1 is 1.42 bits per heavy atom. The summed E-state index contributed by atoms with van der Waals surface area (Å²) < 4.78 is 0. The van der Waals surface area contributed by atoms with E-state index in [2.05, 4.69) is 16.4 Å². The molecule has 0 aromatic heterocycles. The van der Waals surface area contributed by atoms with Crippen LogP contribution in [0.3, 0.4) is 0 Å². The molecule has 1 fully saturated rings. The summed E-state index contributed by atoms with van der Waals surface area (Å²) in [5.41, 5.74) is 7.81. The van der Waals surface area contributed by atoms with Crippen LogP contribution in [-0.2, 0) is 0 Å². The molecule has 12 heavy (non-hydrogen) atoms. The molecule has 0 saturated carbocycles. The van der Waals surface area contributed by atoms with Gasteiger partial charge >= 0.3 is 0 Å². The van der Waals surface area contributed by atoms with E-state index in [9.17, 15) is 0 Å². The van der Waals surface area contributed by atoms with Gasteiger partial charge in [0.15, 0.2) is 0 Å². The summed E-state index contributed by atoms with van der Waals surface area (Å²) in [6, 6.07) is 0. The molecule has 3 heteroatoms. The topological polar surface area (TPSA) is 50.4 Å². The molecule has 66 valence electrons. The van der Waals surface area contributed by atoms with E-state index < -0.39 is 0 Å². The Morgan fingerprint density at radius 3 is 2.75 bits per heavy atom. The molecule has 0 atom stereocenters. The van der Waals surface area contributed by atoms with Gasteiger partial charge in [-0.1, -0.05) is 0 Å². The third-order valence-electron chi connectivity index (χ3n) is 2.53. The maximum absolute atomic E-state index is 5.66. The lowest BCUT2D eigenvalue weighted by molar-refractivity contribution is 0.458. The van der Waals surface area contributed by atoms with Gasteiger partial charge in [0.2, 0.25) is 0 Å². The molecule has 0 aromatic rings. The van der Waals surface area contributed by atoms with Crippen LogP contribution in [-0.4, -0.2) is 25.3 Å². The minimum absolute atomic E-state index is 0.660. The molecule has 0 aromatic carbocycles. The van der Waals surface area contributed by atoms with Crippen LogP contribution in [0.5, 0.6) is 0 Å². The van der Waals surface area contributed by atoms with Crippen LogP contribution in [0.25, 0.3) is 0 Å². The van der Waals surface area contributed by atoms with E-state index in [-0.39, 0.29) is 0 Å². The Morgan fingerprint density at radius 2 is 2.17 bits per heavy atom. The molecule has 0 spiro atoms. The van der Waals surface area contributed by atoms with Gasteiger partial charge < -0.3 is 11.1 Å². The van der Waals surface area contributed by atoms with E-state index in [1.165, 1.54) is 18.6 Å². The SMILES string of the molecule is NC1=CC(C2CCNCC2)=NC1. The number of hydrogen-bond donors (Lipinski definition) is 2. The van der Waals surface area contributed by atoms with Crippen molar-refractivity contribution in [2.75, 3.05) is 19.6 Å². The molecule has 2 rings (SSSR count). The Hall–Kier alpha value is -0.830. The molecule has 2 heterocycles. The highest BCUT2D eigenvalue weighted by atomic mass is 14.9. The quantitative estimate of drug-likeness (QED) is 0.586. The van der Waals surface area contributed by atoms with Crippen LogP contribution in [0.15, 0.2) is 16.8 Å². The van der Waals surface area contributed by atoms with Crippen LogP contribution in [0.4, 0.5) is 0 Å². The van der Waals surface area contributed by atoms with Crippen molar-refractivity contribution in [3.63, 3.8) is 0 Å². The number of allylic oxidation sites excluding steroid dienone is 1. The molecule has 0 amide bonds. The van der Waals surface area contributed by atoms with E-state index in [0.29, 0.717) is 5.92 Å². The predicted octanol–water partition coefficient (Wildman–Crippen LogP) is 0.283. The second kappa shape index (κ2) is 3.27. The Balaban J connectivity index is 1.99. The number of nitrogens with zero attached hydrogens (tertiary/aromatic N) is 1. The van der Waals surface area contributed by atoms with E-state index >= 15 is 0 Å². The average Bonchev–Trinajstić information content (AvgIpc) is 2.54. The molecule has 0 bridgehead atoms. The molecule has 2 aliphatic rings. The number of nitrogens with one attached hydrogen (secondary N) is 1. The van der Waals surface area contributed by atoms with E-state index in [0.717, 1.165) is 25.3 Å². The van der Waals surface area contributed by atoms with Crippen molar-refractivity contribution in [2.24, 2.45) is 16.6 Å². The van der Waals surface area contributed by atoms with Crippen LogP contribution in [0.2, 0.25) is 0 Å². The van der Waals surface area contributed by atoms with Crippen LogP contribution in [0, 0.1) is 5.92 Å². The van der Waals surface area contributed by atoms with Crippen molar-refractivity contribution < 1.29 is 0 Å². The standard InChI is InChI=1S/C9H15N3/c10-8-5-9(12-6-8)7-1-3-11-4-2-7/h5,7,11H,1-4,6,10H2. The van der Waals surface area contributed by atoms with Crippen molar-refractivity contribution in [3.8, 4) is 0 Å². The van der Waals surface area contributed by atoms with Crippen molar-refractivity contribution >= 4 is 5.71 Å². The molecule has 3 N–H and O–H groups in total. The average molecular weight is 165 g/mol. The monoisotopic (exact) mass is 165 g/mol. The van der Waals surface area contributed by atoms with Gasteiger partial charge in [-0.2, -0.15) is 0 Å². The van der Waals surface area contributed by atoms with E-state index in [4.69, 9.17) is 5.73 Å². The molecule has 0 radical (unpaired) electrons. The van der Waals surface area contributed by atoms with Crippen LogP contribution in [0.1, 0.15) is 12.8 Å². The zero-order valence-corrected chi connectivity index (χ0v) is 7.21. The smallest absolute Gasteiger partial charge is 0.0788 e. The van der Waals surface area contributed by atoms with Crippen molar-refractivity contribution in [3.05, 3.63) is 11.8 Å². The summed E-state index contributed by atoms with van der Waals surface area (Å²) in [4.78, 5) is 4.41. The lowest BCUT2D eigenvalue weighted by atomic mass is 9.93. The Labute approximate surface area is 72.7 Å². The summed E-state index contributed by atoms with van der Waals surface area (Å²) in [5.74, 6) is 0.660. The number of hydrogen-bond acceptors (Lipinski definition) is 3. The predicted molar refractivity (Wildman–Crippen MR) is 50.2 cm³/mol. The molecule has 2 aliphatic heterocycles. The van der Waals surface area contributed by atoms with Gasteiger partial charge in [-0.3, -0.25) is 4.99 Å². The largest absolute Gasteiger partial charge is 0.400 e. The van der Waals surface area contributed by atoms with Gasteiger partial charge in [0.05, 0.1) is 6.54 Å². The highest BCUT2D eigenvalue weighted by Crippen LogP contribution is 2.17.